The van der Waals surface area contributed by atoms with E-state index < -0.39 is 0 Å². The average molecular weight is 335 g/mol. The van der Waals surface area contributed by atoms with Crippen LogP contribution in [0.15, 0.2) is 24.3 Å². The molecule has 5 rings (SSSR count). The number of hydrogen-bond donors (Lipinski definition) is 1. The molecule has 1 atom stereocenters. The molecular formula is C19H21N5O. The Bertz CT molecular complexity index is 960. The van der Waals surface area contributed by atoms with Crippen LogP contribution in [-0.4, -0.2) is 26.4 Å². The Kier molecular flexibility index (Phi) is 3.20. The highest BCUT2D eigenvalue weighted by molar-refractivity contribution is 5.51. The summed E-state index contributed by atoms with van der Waals surface area (Å²) in [5, 5.41) is 16.9. The van der Waals surface area contributed by atoms with E-state index in [1.807, 2.05) is 16.6 Å². The van der Waals surface area contributed by atoms with Crippen LogP contribution >= 0.6 is 0 Å². The van der Waals surface area contributed by atoms with E-state index >= 15 is 0 Å². The number of benzene rings is 1. The number of nitrogens with one attached hydrogen (secondary N) is 1. The van der Waals surface area contributed by atoms with Gasteiger partial charge in [0.2, 0.25) is 0 Å². The van der Waals surface area contributed by atoms with Gasteiger partial charge in [0.1, 0.15) is 11.6 Å². The van der Waals surface area contributed by atoms with Crippen molar-refractivity contribution in [3.63, 3.8) is 0 Å². The minimum absolute atomic E-state index is 0.202. The van der Waals surface area contributed by atoms with Crippen molar-refractivity contribution in [2.24, 2.45) is 0 Å². The van der Waals surface area contributed by atoms with Gasteiger partial charge >= 0.3 is 0 Å². The maximum atomic E-state index is 5.91. The minimum atomic E-state index is 0.202. The van der Waals surface area contributed by atoms with Crippen molar-refractivity contribution in [3.8, 4) is 5.75 Å². The topological polar surface area (TPSA) is 64.3 Å². The fourth-order valence-corrected chi connectivity index (χ4v) is 3.68. The number of anilines is 1. The highest BCUT2D eigenvalue weighted by Gasteiger charge is 2.29. The van der Waals surface area contributed by atoms with Crippen LogP contribution in [-0.2, 0) is 0 Å². The molecule has 0 spiro atoms. The van der Waals surface area contributed by atoms with Gasteiger partial charge in [-0.05, 0) is 44.4 Å². The molecule has 0 saturated heterocycles. The number of rotatable bonds is 3. The molecule has 0 bridgehead atoms. The summed E-state index contributed by atoms with van der Waals surface area (Å²) in [6.07, 6.45) is 3.30. The lowest BCUT2D eigenvalue weighted by atomic mass is 9.96. The Balaban J connectivity index is 1.50. The van der Waals surface area contributed by atoms with Crippen LogP contribution in [0.3, 0.4) is 0 Å². The van der Waals surface area contributed by atoms with Gasteiger partial charge in [0.05, 0.1) is 12.6 Å². The summed E-state index contributed by atoms with van der Waals surface area (Å²) in [7, 11) is 0. The van der Waals surface area contributed by atoms with Crippen molar-refractivity contribution >= 4 is 11.5 Å². The second kappa shape index (κ2) is 5.44. The molecule has 1 saturated carbocycles. The Hall–Kier alpha value is -2.63. The summed E-state index contributed by atoms with van der Waals surface area (Å²) in [6, 6.07) is 8.55. The molecule has 128 valence electrons. The van der Waals surface area contributed by atoms with Crippen LogP contribution in [0.1, 0.15) is 53.7 Å². The van der Waals surface area contributed by atoms with Gasteiger partial charge in [-0.2, -0.15) is 4.52 Å². The first kappa shape index (κ1) is 14.7. The van der Waals surface area contributed by atoms with Crippen molar-refractivity contribution in [1.82, 2.24) is 19.8 Å². The zero-order valence-electron chi connectivity index (χ0n) is 14.5. The van der Waals surface area contributed by atoms with E-state index in [0.29, 0.717) is 5.92 Å². The monoisotopic (exact) mass is 335 g/mol. The van der Waals surface area contributed by atoms with Crippen molar-refractivity contribution < 1.29 is 4.74 Å². The first-order chi connectivity index (χ1) is 12.2. The number of hydrogen-bond acceptors (Lipinski definition) is 5. The second-order valence-electron chi connectivity index (χ2n) is 7.16. The molecule has 1 fully saturated rings. The van der Waals surface area contributed by atoms with Crippen molar-refractivity contribution in [1.29, 1.82) is 0 Å². The summed E-state index contributed by atoms with van der Waals surface area (Å²) in [6.45, 7) is 4.96. The summed E-state index contributed by atoms with van der Waals surface area (Å²) in [5.41, 5.74) is 4.48. The Morgan fingerprint density at radius 1 is 1.12 bits per heavy atom. The molecule has 1 aliphatic heterocycles. The largest absolute Gasteiger partial charge is 0.493 e. The summed E-state index contributed by atoms with van der Waals surface area (Å²) < 4.78 is 7.80. The molecule has 1 aromatic carbocycles. The molecule has 25 heavy (non-hydrogen) atoms. The maximum absolute atomic E-state index is 5.91. The number of nitrogens with zero attached hydrogens (tertiary/aromatic N) is 4. The highest BCUT2D eigenvalue weighted by atomic mass is 16.5. The molecule has 0 amide bonds. The molecule has 3 aromatic rings. The number of aryl methyl sites for hydroxylation is 2. The van der Waals surface area contributed by atoms with Gasteiger partial charge in [0, 0.05) is 17.9 Å². The van der Waals surface area contributed by atoms with E-state index in [1.165, 1.54) is 29.5 Å². The molecule has 1 aliphatic carbocycles. The number of ether oxygens (including phenoxy) is 1. The molecule has 6 heteroatoms. The van der Waals surface area contributed by atoms with Gasteiger partial charge in [-0.3, -0.25) is 0 Å². The minimum Gasteiger partial charge on any atom is -0.493 e. The summed E-state index contributed by atoms with van der Waals surface area (Å²) in [5.74, 6) is 3.37. The lowest BCUT2D eigenvalue weighted by Crippen LogP contribution is -2.22. The van der Waals surface area contributed by atoms with Crippen LogP contribution in [0, 0.1) is 13.8 Å². The van der Waals surface area contributed by atoms with E-state index in [2.05, 4.69) is 41.5 Å². The van der Waals surface area contributed by atoms with Crippen molar-refractivity contribution in [2.75, 3.05) is 11.9 Å². The standard InChI is InChI=1S/C19H21N5O/c1-11-9-12(2)18-14(10-11)15(7-8-25-18)20-16-5-6-17-21-22-19(13-3-4-13)24(17)23-16/h5-6,9-10,13,15H,3-4,7-8H2,1-2H3,(H,20,23)/t15-/m1/s1. The Morgan fingerprint density at radius 3 is 2.84 bits per heavy atom. The van der Waals surface area contributed by atoms with E-state index in [0.717, 1.165) is 36.1 Å². The van der Waals surface area contributed by atoms with Gasteiger partial charge in [0.15, 0.2) is 11.5 Å². The van der Waals surface area contributed by atoms with Gasteiger partial charge in [-0.25, -0.2) is 0 Å². The summed E-state index contributed by atoms with van der Waals surface area (Å²) in [4.78, 5) is 0. The van der Waals surface area contributed by atoms with Crippen molar-refractivity contribution in [2.45, 2.75) is 45.1 Å². The fourth-order valence-electron chi connectivity index (χ4n) is 3.68. The lowest BCUT2D eigenvalue weighted by molar-refractivity contribution is 0.272. The molecule has 0 unspecified atom stereocenters. The molecule has 2 aromatic heterocycles. The number of aromatic nitrogens is 4. The molecule has 1 N–H and O–H groups in total. The fraction of sp³-hybridized carbons (Fsp3) is 0.421. The van der Waals surface area contributed by atoms with E-state index in [1.54, 1.807) is 0 Å². The normalized spacial score (nSPS) is 19.5. The zero-order valence-corrected chi connectivity index (χ0v) is 14.5. The molecular weight excluding hydrogens is 314 g/mol. The molecule has 0 radical (unpaired) electrons. The molecule has 3 heterocycles. The first-order valence-corrected chi connectivity index (χ1v) is 8.92. The van der Waals surface area contributed by atoms with Gasteiger partial charge in [0.25, 0.3) is 0 Å². The first-order valence-electron chi connectivity index (χ1n) is 8.92. The van der Waals surface area contributed by atoms with Crippen LogP contribution in [0.25, 0.3) is 5.65 Å². The van der Waals surface area contributed by atoms with Gasteiger partial charge in [-0.15, -0.1) is 15.3 Å². The quantitative estimate of drug-likeness (QED) is 0.793. The second-order valence-corrected chi connectivity index (χ2v) is 7.16. The SMILES string of the molecule is Cc1cc(C)c2c(c1)[C@H](Nc1ccc3nnc(C4CC4)n3n1)CCO2. The number of fused-ring (bicyclic) bond motifs is 2. The smallest absolute Gasteiger partial charge is 0.178 e. The van der Waals surface area contributed by atoms with E-state index in [9.17, 15) is 0 Å². The third-order valence-electron chi connectivity index (χ3n) is 5.03. The van der Waals surface area contributed by atoms with Crippen LogP contribution in [0.2, 0.25) is 0 Å². The maximum Gasteiger partial charge on any atom is 0.178 e. The predicted octanol–water partition coefficient (Wildman–Crippen LogP) is 3.55. The zero-order chi connectivity index (χ0) is 17.0. The average Bonchev–Trinajstić information content (AvgIpc) is 3.35. The van der Waals surface area contributed by atoms with Gasteiger partial charge in [-0.1, -0.05) is 17.7 Å². The summed E-state index contributed by atoms with van der Waals surface area (Å²) >= 11 is 0. The van der Waals surface area contributed by atoms with Crippen LogP contribution in [0.5, 0.6) is 5.75 Å². The van der Waals surface area contributed by atoms with Crippen molar-refractivity contribution in [3.05, 3.63) is 46.8 Å². The molecule has 2 aliphatic rings. The molecule has 6 nitrogen and oxygen atoms in total. The highest BCUT2D eigenvalue weighted by Crippen LogP contribution is 2.39. The predicted molar refractivity (Wildman–Crippen MR) is 95.1 cm³/mol. The van der Waals surface area contributed by atoms with E-state index in [-0.39, 0.29) is 6.04 Å². The lowest BCUT2D eigenvalue weighted by Gasteiger charge is -2.28. The third-order valence-corrected chi connectivity index (χ3v) is 5.03. The third kappa shape index (κ3) is 2.52. The van der Waals surface area contributed by atoms with Crippen LogP contribution in [0.4, 0.5) is 5.82 Å². The van der Waals surface area contributed by atoms with E-state index in [4.69, 9.17) is 9.84 Å². The van der Waals surface area contributed by atoms with Gasteiger partial charge < -0.3 is 10.1 Å². The Morgan fingerprint density at radius 2 is 2.00 bits per heavy atom. The Labute approximate surface area is 146 Å². The van der Waals surface area contributed by atoms with Crippen LogP contribution < -0.4 is 10.1 Å².